The molecular weight excluding hydrogens is 805 g/mol. The molecule has 65 heavy (non-hydrogen) atoms. The maximum Gasteiger partial charge on any atom is 0.306 e. The van der Waals surface area contributed by atoms with Crippen LogP contribution < -0.4 is 0 Å². The van der Waals surface area contributed by atoms with Crippen molar-refractivity contribution in [1.82, 2.24) is 0 Å². The highest BCUT2D eigenvalue weighted by atomic mass is 16.6. The number of rotatable bonds is 50. The van der Waals surface area contributed by atoms with Crippen molar-refractivity contribution in [2.45, 2.75) is 284 Å². The second-order valence-corrected chi connectivity index (χ2v) is 18.5. The maximum absolute atomic E-state index is 12.8. The number of hydrogen-bond donors (Lipinski definition) is 0. The van der Waals surface area contributed by atoms with Crippen LogP contribution in [0.3, 0.4) is 0 Å². The van der Waals surface area contributed by atoms with Crippen molar-refractivity contribution < 1.29 is 28.6 Å². The largest absolute Gasteiger partial charge is 0.462 e. The molecule has 0 aliphatic heterocycles. The molecule has 0 saturated heterocycles. The highest BCUT2D eigenvalue weighted by Gasteiger charge is 2.19. The molecule has 0 spiro atoms. The lowest BCUT2D eigenvalue weighted by molar-refractivity contribution is -0.167. The van der Waals surface area contributed by atoms with E-state index in [4.69, 9.17) is 14.2 Å². The topological polar surface area (TPSA) is 78.9 Å². The highest BCUT2D eigenvalue weighted by Crippen LogP contribution is 2.15. The van der Waals surface area contributed by atoms with Crippen LogP contribution in [0.4, 0.5) is 0 Å². The van der Waals surface area contributed by atoms with Crippen molar-refractivity contribution in [2.75, 3.05) is 13.2 Å². The number of esters is 3. The summed E-state index contributed by atoms with van der Waals surface area (Å²) in [6.45, 7) is 6.57. The Balaban J connectivity index is 4.39. The maximum atomic E-state index is 12.8. The van der Waals surface area contributed by atoms with Gasteiger partial charge in [-0.1, -0.05) is 236 Å². The first-order valence-electron chi connectivity index (χ1n) is 27.8. The fourth-order valence-corrected chi connectivity index (χ4v) is 7.76. The van der Waals surface area contributed by atoms with E-state index in [1.807, 2.05) is 0 Å². The zero-order valence-electron chi connectivity index (χ0n) is 43.0. The molecule has 0 unspecified atom stereocenters. The molecule has 0 aliphatic carbocycles. The molecular formula is C59H104O6. The van der Waals surface area contributed by atoms with Crippen molar-refractivity contribution in [2.24, 2.45) is 0 Å². The Morgan fingerprint density at radius 2 is 0.569 bits per heavy atom. The average Bonchev–Trinajstić information content (AvgIpc) is 3.30. The Labute approximate surface area is 402 Å². The predicted octanol–water partition coefficient (Wildman–Crippen LogP) is 18.4. The van der Waals surface area contributed by atoms with E-state index in [2.05, 4.69) is 81.5 Å². The van der Waals surface area contributed by atoms with Crippen LogP contribution in [0.15, 0.2) is 60.8 Å². The van der Waals surface area contributed by atoms with Gasteiger partial charge in [-0.3, -0.25) is 14.4 Å². The smallest absolute Gasteiger partial charge is 0.306 e. The molecule has 0 aromatic carbocycles. The number of carbonyl (C=O) groups excluding carboxylic acids is 3. The van der Waals surface area contributed by atoms with E-state index >= 15 is 0 Å². The third kappa shape index (κ3) is 51.9. The van der Waals surface area contributed by atoms with Gasteiger partial charge in [-0.25, -0.2) is 0 Å². The molecule has 0 heterocycles. The average molecular weight is 909 g/mol. The standard InChI is InChI=1S/C59H104O6/c1-4-7-10-13-16-19-22-25-28-29-30-31-32-35-37-40-43-46-49-52-58(61)64-55-56(65-59(62)53-50-47-44-41-38-34-27-24-21-18-15-12-9-6-3)54-63-57(60)51-48-45-42-39-36-33-26-23-20-17-14-11-8-5-2/h15-16,18-19,24-25,27-28,30-31,56H,4-14,17,20-23,26,29,32-55H2,1-3H3/b18-15-,19-16-,27-24-,28-25-,31-30-/t56-/m1/s1. The SMILES string of the molecule is CCCC/C=C\C/C=C\CCCCCCCC(=O)O[C@@H](COC(=O)CCCCCCCC/C=C\C/C=C\C/C=C\CCCCC)COC(=O)CCCCCCCCCCCCCCCC. The highest BCUT2D eigenvalue weighted by molar-refractivity contribution is 5.71. The third-order valence-electron chi connectivity index (χ3n) is 12.0. The molecule has 0 aromatic rings. The van der Waals surface area contributed by atoms with Crippen LogP contribution in [-0.4, -0.2) is 37.2 Å². The first-order valence-corrected chi connectivity index (χ1v) is 27.8. The van der Waals surface area contributed by atoms with Crippen LogP contribution in [0.25, 0.3) is 0 Å². The van der Waals surface area contributed by atoms with Crippen molar-refractivity contribution in [3.8, 4) is 0 Å². The molecule has 0 amide bonds. The van der Waals surface area contributed by atoms with Gasteiger partial charge in [-0.2, -0.15) is 0 Å². The van der Waals surface area contributed by atoms with Crippen molar-refractivity contribution in [3.05, 3.63) is 60.8 Å². The first-order chi connectivity index (χ1) is 32.0. The normalized spacial score (nSPS) is 12.5. The number of allylic oxidation sites excluding steroid dienone is 10. The molecule has 0 saturated carbocycles. The lowest BCUT2D eigenvalue weighted by Crippen LogP contribution is -2.30. The van der Waals surface area contributed by atoms with Gasteiger partial charge in [0.15, 0.2) is 6.10 Å². The second kappa shape index (κ2) is 53.7. The fraction of sp³-hybridized carbons (Fsp3) is 0.780. The minimum absolute atomic E-state index is 0.0821. The summed E-state index contributed by atoms with van der Waals surface area (Å²) in [5.41, 5.74) is 0. The van der Waals surface area contributed by atoms with E-state index in [0.29, 0.717) is 19.3 Å². The lowest BCUT2D eigenvalue weighted by Gasteiger charge is -2.18. The van der Waals surface area contributed by atoms with Gasteiger partial charge in [0.2, 0.25) is 0 Å². The van der Waals surface area contributed by atoms with Gasteiger partial charge in [-0.15, -0.1) is 0 Å². The van der Waals surface area contributed by atoms with Crippen molar-refractivity contribution in [3.63, 3.8) is 0 Å². The number of unbranched alkanes of at least 4 members (excludes halogenated alkanes) is 29. The van der Waals surface area contributed by atoms with Gasteiger partial charge < -0.3 is 14.2 Å². The Hall–Kier alpha value is -2.89. The van der Waals surface area contributed by atoms with Crippen LogP contribution in [0, 0.1) is 0 Å². The zero-order valence-corrected chi connectivity index (χ0v) is 43.0. The minimum Gasteiger partial charge on any atom is -0.462 e. The first kappa shape index (κ1) is 62.1. The van der Waals surface area contributed by atoms with E-state index in [0.717, 1.165) is 103 Å². The molecule has 0 bridgehead atoms. The summed E-state index contributed by atoms with van der Waals surface area (Å²) in [7, 11) is 0. The summed E-state index contributed by atoms with van der Waals surface area (Å²) in [5.74, 6) is -0.900. The molecule has 0 rings (SSSR count). The zero-order chi connectivity index (χ0) is 47.2. The molecule has 0 aromatic heterocycles. The fourth-order valence-electron chi connectivity index (χ4n) is 7.76. The number of carbonyl (C=O) groups is 3. The van der Waals surface area contributed by atoms with Crippen molar-refractivity contribution in [1.29, 1.82) is 0 Å². The second-order valence-electron chi connectivity index (χ2n) is 18.5. The molecule has 0 fully saturated rings. The van der Waals surface area contributed by atoms with E-state index in [-0.39, 0.29) is 31.1 Å². The summed E-state index contributed by atoms with van der Waals surface area (Å²) in [4.78, 5) is 38.1. The Kier molecular flexibility index (Phi) is 51.3. The number of hydrogen-bond acceptors (Lipinski definition) is 6. The minimum atomic E-state index is -0.785. The molecule has 0 radical (unpaired) electrons. The van der Waals surface area contributed by atoms with Crippen LogP contribution >= 0.6 is 0 Å². The van der Waals surface area contributed by atoms with E-state index in [9.17, 15) is 14.4 Å². The summed E-state index contributed by atoms with van der Waals surface area (Å²) < 4.78 is 16.8. The van der Waals surface area contributed by atoms with Crippen LogP contribution in [-0.2, 0) is 28.6 Å². The summed E-state index contributed by atoms with van der Waals surface area (Å²) >= 11 is 0. The van der Waals surface area contributed by atoms with Gasteiger partial charge in [0.05, 0.1) is 0 Å². The molecule has 0 aliphatic rings. The van der Waals surface area contributed by atoms with Gasteiger partial charge in [0.1, 0.15) is 13.2 Å². The molecule has 6 nitrogen and oxygen atoms in total. The third-order valence-corrected chi connectivity index (χ3v) is 12.0. The monoisotopic (exact) mass is 909 g/mol. The van der Waals surface area contributed by atoms with E-state index < -0.39 is 6.10 Å². The van der Waals surface area contributed by atoms with Crippen molar-refractivity contribution >= 4 is 17.9 Å². The Bertz CT molecular complexity index is 1180. The van der Waals surface area contributed by atoms with E-state index in [1.165, 1.54) is 135 Å². The predicted molar refractivity (Wildman–Crippen MR) is 279 cm³/mol. The molecule has 0 N–H and O–H groups in total. The number of ether oxygens (including phenoxy) is 3. The molecule has 1 atom stereocenters. The van der Waals surface area contributed by atoms with Crippen LogP contribution in [0.2, 0.25) is 0 Å². The Morgan fingerprint density at radius 3 is 0.938 bits per heavy atom. The van der Waals surface area contributed by atoms with Crippen LogP contribution in [0.1, 0.15) is 278 Å². The quantitative estimate of drug-likeness (QED) is 0.0262. The Morgan fingerprint density at radius 1 is 0.308 bits per heavy atom. The van der Waals surface area contributed by atoms with Gasteiger partial charge >= 0.3 is 17.9 Å². The summed E-state index contributed by atoms with van der Waals surface area (Å²) in [5, 5.41) is 0. The molecule has 6 heteroatoms. The lowest BCUT2D eigenvalue weighted by atomic mass is 10.0. The summed E-state index contributed by atoms with van der Waals surface area (Å²) in [6, 6.07) is 0. The van der Waals surface area contributed by atoms with Gasteiger partial charge in [0, 0.05) is 19.3 Å². The van der Waals surface area contributed by atoms with E-state index in [1.54, 1.807) is 0 Å². The van der Waals surface area contributed by atoms with Crippen LogP contribution in [0.5, 0.6) is 0 Å². The summed E-state index contributed by atoms with van der Waals surface area (Å²) in [6.07, 6.45) is 66.3. The van der Waals surface area contributed by atoms with Gasteiger partial charge in [-0.05, 0) is 83.5 Å². The van der Waals surface area contributed by atoms with Gasteiger partial charge in [0.25, 0.3) is 0 Å². The molecule has 376 valence electrons.